The summed E-state index contributed by atoms with van der Waals surface area (Å²) in [7, 11) is 0. The van der Waals surface area contributed by atoms with Crippen LogP contribution in [0.3, 0.4) is 0 Å². The Morgan fingerprint density at radius 1 is 1.22 bits per heavy atom. The van der Waals surface area contributed by atoms with Crippen LogP contribution in [0.25, 0.3) is 16.6 Å². The fraction of sp³-hybridized carbons (Fsp3) is 0.333. The van der Waals surface area contributed by atoms with Gasteiger partial charge in [0.2, 0.25) is 11.9 Å². The molecule has 8 heteroatoms. The molecule has 0 radical (unpaired) electrons. The number of halogens is 1. The van der Waals surface area contributed by atoms with Crippen LogP contribution in [0, 0.1) is 29.5 Å². The maximum Gasteiger partial charge on any atom is 0.249 e. The molecule has 2 aliphatic carbocycles. The molecule has 0 saturated heterocycles. The van der Waals surface area contributed by atoms with Crippen molar-refractivity contribution >= 4 is 28.4 Å². The molecule has 1 unspecified atom stereocenters. The lowest BCUT2D eigenvalue weighted by atomic mass is 9.97. The van der Waals surface area contributed by atoms with E-state index in [4.69, 9.17) is 4.74 Å². The van der Waals surface area contributed by atoms with Crippen molar-refractivity contribution in [3.8, 4) is 5.75 Å². The molecule has 1 N–H and O–H groups in total. The van der Waals surface area contributed by atoms with Crippen LogP contribution >= 0.6 is 0 Å². The largest absolute Gasteiger partial charge is 0.490 e. The number of carbonyl (C=O) groups is 1. The fourth-order valence-electron chi connectivity index (χ4n) is 5.34. The highest BCUT2D eigenvalue weighted by Crippen LogP contribution is 2.61. The molecule has 3 heterocycles. The molecular weight excluding hydrogens is 409 g/mol. The van der Waals surface area contributed by atoms with Gasteiger partial charge in [0.15, 0.2) is 5.65 Å². The molecule has 4 aromatic rings. The van der Waals surface area contributed by atoms with Gasteiger partial charge in [-0.05, 0) is 67.0 Å². The van der Waals surface area contributed by atoms with E-state index in [1.807, 2.05) is 25.1 Å². The third-order valence-electron chi connectivity index (χ3n) is 6.89. The predicted octanol–water partition coefficient (Wildman–Crippen LogP) is 4.09. The number of nitrogens with one attached hydrogen (secondary N) is 1. The number of hydrogen-bond donors (Lipinski definition) is 1. The van der Waals surface area contributed by atoms with Gasteiger partial charge >= 0.3 is 0 Å². The number of anilines is 1. The number of nitrogens with zero attached hydrogens (tertiary/aromatic N) is 4. The Hall–Kier alpha value is -3.55. The number of hydrogen-bond acceptors (Lipinski definition) is 5. The molecule has 2 saturated carbocycles. The second-order valence-corrected chi connectivity index (χ2v) is 8.80. The SMILES string of the molecule is CC(C(=O)Nc1nc2ccccn2n1)[C@H]1[C@@H]2C[C@@H](Oc3ccnc4ccc(F)cc34)C[C@@H]21. The van der Waals surface area contributed by atoms with Gasteiger partial charge in [-0.15, -0.1) is 5.10 Å². The molecule has 162 valence electrons. The first kappa shape index (κ1) is 19.2. The molecule has 6 rings (SSSR count). The molecular formula is C24H22FN5O2. The van der Waals surface area contributed by atoms with E-state index in [1.165, 1.54) is 12.1 Å². The average molecular weight is 431 g/mol. The molecule has 0 bridgehead atoms. The van der Waals surface area contributed by atoms with E-state index in [9.17, 15) is 9.18 Å². The Morgan fingerprint density at radius 2 is 2.06 bits per heavy atom. The zero-order chi connectivity index (χ0) is 21.8. The molecule has 3 aromatic heterocycles. The monoisotopic (exact) mass is 431 g/mol. The number of pyridine rings is 2. The van der Waals surface area contributed by atoms with E-state index in [-0.39, 0.29) is 23.7 Å². The second-order valence-electron chi connectivity index (χ2n) is 8.80. The van der Waals surface area contributed by atoms with Crippen molar-refractivity contribution < 1.29 is 13.9 Å². The van der Waals surface area contributed by atoms with Crippen molar-refractivity contribution in [2.75, 3.05) is 5.32 Å². The van der Waals surface area contributed by atoms with Gasteiger partial charge in [-0.2, -0.15) is 4.98 Å². The normalized spacial score (nSPS) is 24.9. The first-order valence-electron chi connectivity index (χ1n) is 10.9. The van der Waals surface area contributed by atoms with Crippen LogP contribution in [-0.2, 0) is 4.79 Å². The third kappa shape index (κ3) is 3.26. The summed E-state index contributed by atoms with van der Waals surface area (Å²) in [5.74, 6) is 1.82. The van der Waals surface area contributed by atoms with Gasteiger partial charge in [0, 0.05) is 23.7 Å². The molecule has 7 nitrogen and oxygen atoms in total. The zero-order valence-electron chi connectivity index (χ0n) is 17.5. The van der Waals surface area contributed by atoms with Crippen molar-refractivity contribution in [3.63, 3.8) is 0 Å². The van der Waals surface area contributed by atoms with E-state index in [0.717, 1.165) is 18.4 Å². The molecule has 2 aliphatic rings. The minimum atomic E-state index is -0.301. The quantitative estimate of drug-likeness (QED) is 0.515. The second kappa shape index (κ2) is 7.25. The fourth-order valence-corrected chi connectivity index (χ4v) is 5.34. The standard InChI is InChI=1S/C24H22FN5O2/c1-13(23(31)28-24-27-21-4-2-3-9-30(21)29-24)22-16-11-15(12-17(16)22)32-20-7-8-26-19-6-5-14(25)10-18(19)20/h2-10,13,15-17,22H,11-12H2,1H3,(H,28,29,31)/t13?,15-,16-,17+,22+. The van der Waals surface area contributed by atoms with Gasteiger partial charge in [0.1, 0.15) is 11.6 Å². The molecule has 5 atom stereocenters. The van der Waals surface area contributed by atoms with Crippen LogP contribution in [0.1, 0.15) is 19.8 Å². The predicted molar refractivity (Wildman–Crippen MR) is 117 cm³/mol. The van der Waals surface area contributed by atoms with Crippen LogP contribution in [0.5, 0.6) is 5.75 Å². The smallest absolute Gasteiger partial charge is 0.249 e. The van der Waals surface area contributed by atoms with Crippen molar-refractivity contribution in [2.45, 2.75) is 25.9 Å². The highest BCUT2D eigenvalue weighted by atomic mass is 19.1. The molecule has 0 aliphatic heterocycles. The van der Waals surface area contributed by atoms with Crippen LogP contribution in [-0.4, -0.2) is 31.6 Å². The maximum atomic E-state index is 13.7. The molecule has 0 spiro atoms. The summed E-state index contributed by atoms with van der Waals surface area (Å²) < 4.78 is 21.6. The van der Waals surface area contributed by atoms with Gasteiger partial charge < -0.3 is 4.74 Å². The van der Waals surface area contributed by atoms with Gasteiger partial charge in [-0.25, -0.2) is 8.91 Å². The van der Waals surface area contributed by atoms with Gasteiger partial charge in [0.25, 0.3) is 0 Å². The van der Waals surface area contributed by atoms with Crippen LogP contribution < -0.4 is 10.1 Å². The summed E-state index contributed by atoms with van der Waals surface area (Å²) in [6, 6.07) is 11.9. The van der Waals surface area contributed by atoms with E-state index < -0.39 is 0 Å². The number of ether oxygens (including phenoxy) is 1. The summed E-state index contributed by atoms with van der Waals surface area (Å²) in [5, 5.41) is 7.85. The number of amides is 1. The van der Waals surface area contributed by atoms with Gasteiger partial charge in [-0.1, -0.05) is 13.0 Å². The summed E-state index contributed by atoms with van der Waals surface area (Å²) in [4.78, 5) is 21.4. The third-order valence-corrected chi connectivity index (χ3v) is 6.89. The van der Waals surface area contributed by atoms with Crippen molar-refractivity contribution in [1.82, 2.24) is 19.6 Å². The highest BCUT2D eigenvalue weighted by Gasteiger charge is 2.59. The lowest BCUT2D eigenvalue weighted by Gasteiger charge is -2.20. The van der Waals surface area contributed by atoms with E-state index in [2.05, 4.69) is 20.4 Å². The Labute approximate surface area is 183 Å². The average Bonchev–Trinajstić information content (AvgIpc) is 3.10. The molecule has 32 heavy (non-hydrogen) atoms. The van der Waals surface area contributed by atoms with Crippen molar-refractivity contribution in [3.05, 3.63) is 60.7 Å². The Morgan fingerprint density at radius 3 is 2.88 bits per heavy atom. The summed E-state index contributed by atoms with van der Waals surface area (Å²) in [6.07, 6.45) is 5.36. The van der Waals surface area contributed by atoms with Gasteiger partial charge in [-0.3, -0.25) is 15.1 Å². The minimum absolute atomic E-state index is 0.0478. The Kier molecular flexibility index (Phi) is 4.34. The summed E-state index contributed by atoms with van der Waals surface area (Å²) in [6.45, 7) is 1.98. The maximum absolute atomic E-state index is 13.7. The molecule has 1 aromatic carbocycles. The highest BCUT2D eigenvalue weighted by molar-refractivity contribution is 5.91. The zero-order valence-corrected chi connectivity index (χ0v) is 17.5. The number of rotatable bonds is 5. The molecule has 1 amide bonds. The number of fused-ring (bicyclic) bond motifs is 3. The number of aromatic nitrogens is 4. The minimum Gasteiger partial charge on any atom is -0.490 e. The first-order valence-corrected chi connectivity index (χ1v) is 10.9. The molecule has 2 fully saturated rings. The summed E-state index contributed by atoms with van der Waals surface area (Å²) in [5.41, 5.74) is 1.41. The van der Waals surface area contributed by atoms with Gasteiger partial charge in [0.05, 0.1) is 11.6 Å². The van der Waals surface area contributed by atoms with Crippen LogP contribution in [0.15, 0.2) is 54.9 Å². The van der Waals surface area contributed by atoms with Crippen molar-refractivity contribution in [1.29, 1.82) is 0 Å². The van der Waals surface area contributed by atoms with Crippen molar-refractivity contribution in [2.24, 2.45) is 23.7 Å². The van der Waals surface area contributed by atoms with Crippen LogP contribution in [0.4, 0.5) is 10.3 Å². The van der Waals surface area contributed by atoms with E-state index >= 15 is 0 Å². The Balaban J connectivity index is 1.08. The van der Waals surface area contributed by atoms with Crippen LogP contribution in [0.2, 0.25) is 0 Å². The van der Waals surface area contributed by atoms with E-state index in [1.54, 1.807) is 29.0 Å². The lowest BCUT2D eigenvalue weighted by Crippen LogP contribution is -2.26. The topological polar surface area (TPSA) is 81.4 Å². The Bertz CT molecular complexity index is 1290. The van der Waals surface area contributed by atoms with E-state index in [0.29, 0.717) is 40.5 Å². The number of carbonyl (C=O) groups excluding carboxylic acids is 1. The lowest BCUT2D eigenvalue weighted by molar-refractivity contribution is -0.120. The summed E-state index contributed by atoms with van der Waals surface area (Å²) >= 11 is 0. The number of benzene rings is 1. The first-order chi connectivity index (χ1) is 15.6.